The Hall–Kier alpha value is -3.16. The number of piperidine rings is 1. The lowest BCUT2D eigenvalue weighted by atomic mass is 9.96. The molecule has 8 nitrogen and oxygen atoms in total. The molecule has 8 heteroatoms. The highest BCUT2D eigenvalue weighted by Gasteiger charge is 2.30. The van der Waals surface area contributed by atoms with Crippen molar-refractivity contribution in [3.05, 3.63) is 48.0 Å². The van der Waals surface area contributed by atoms with E-state index in [9.17, 15) is 4.79 Å². The molecule has 1 aliphatic carbocycles. The Labute approximate surface area is 181 Å². The van der Waals surface area contributed by atoms with E-state index in [4.69, 9.17) is 9.15 Å². The summed E-state index contributed by atoms with van der Waals surface area (Å²) in [4.78, 5) is 23.6. The van der Waals surface area contributed by atoms with Crippen molar-refractivity contribution in [2.45, 2.75) is 50.4 Å². The predicted molar refractivity (Wildman–Crippen MR) is 114 cm³/mol. The van der Waals surface area contributed by atoms with Gasteiger partial charge in [-0.15, -0.1) is 0 Å². The van der Waals surface area contributed by atoms with Gasteiger partial charge in [0.2, 0.25) is 5.91 Å². The summed E-state index contributed by atoms with van der Waals surface area (Å²) >= 11 is 0. The van der Waals surface area contributed by atoms with Crippen molar-refractivity contribution < 1.29 is 13.9 Å². The molecular formula is C23H27N5O3. The molecule has 3 aromatic rings. The second-order valence-corrected chi connectivity index (χ2v) is 8.35. The second-order valence-electron chi connectivity index (χ2n) is 8.35. The molecule has 0 radical (unpaired) electrons. The number of nitrogens with zero attached hydrogens (tertiary/aromatic N) is 4. The van der Waals surface area contributed by atoms with Crippen LogP contribution in [0, 0.1) is 0 Å². The number of carbonyl (C=O) groups excluding carboxylic acids is 1. The SMILES string of the molecule is COc1ccc(-c2cnc(CCC(=O)N3CCC(c4nc(C5CC5)n[nH]4)CC3)o2)cc1. The molecule has 1 saturated carbocycles. The quantitative estimate of drug-likeness (QED) is 0.625. The Morgan fingerprint density at radius 2 is 1.94 bits per heavy atom. The molecule has 5 rings (SSSR count). The van der Waals surface area contributed by atoms with Gasteiger partial charge < -0.3 is 14.1 Å². The lowest BCUT2D eigenvalue weighted by molar-refractivity contribution is -0.132. The van der Waals surface area contributed by atoms with E-state index < -0.39 is 0 Å². The molecule has 0 unspecified atom stereocenters. The van der Waals surface area contributed by atoms with E-state index in [2.05, 4.69) is 20.2 Å². The third-order valence-corrected chi connectivity index (χ3v) is 6.18. The van der Waals surface area contributed by atoms with Gasteiger partial charge in [0.15, 0.2) is 17.5 Å². The Morgan fingerprint density at radius 3 is 2.65 bits per heavy atom. The van der Waals surface area contributed by atoms with Crippen molar-refractivity contribution in [3.63, 3.8) is 0 Å². The van der Waals surface area contributed by atoms with Gasteiger partial charge in [0, 0.05) is 43.3 Å². The van der Waals surface area contributed by atoms with E-state index in [1.54, 1.807) is 13.3 Å². The van der Waals surface area contributed by atoms with Crippen molar-refractivity contribution in [1.29, 1.82) is 0 Å². The van der Waals surface area contributed by atoms with E-state index >= 15 is 0 Å². The van der Waals surface area contributed by atoms with Crippen LogP contribution in [0.4, 0.5) is 0 Å². The fourth-order valence-electron chi connectivity index (χ4n) is 4.08. The summed E-state index contributed by atoms with van der Waals surface area (Å²) in [5, 5.41) is 7.48. The summed E-state index contributed by atoms with van der Waals surface area (Å²) in [6.07, 6.45) is 6.87. The number of amides is 1. The van der Waals surface area contributed by atoms with Crippen molar-refractivity contribution in [1.82, 2.24) is 25.1 Å². The lowest BCUT2D eigenvalue weighted by Gasteiger charge is -2.31. The minimum Gasteiger partial charge on any atom is -0.497 e. The largest absolute Gasteiger partial charge is 0.497 e. The number of nitrogens with one attached hydrogen (secondary N) is 1. The number of hydrogen-bond acceptors (Lipinski definition) is 6. The maximum absolute atomic E-state index is 12.7. The van der Waals surface area contributed by atoms with Crippen molar-refractivity contribution in [2.24, 2.45) is 0 Å². The van der Waals surface area contributed by atoms with Crippen LogP contribution in [-0.2, 0) is 11.2 Å². The van der Waals surface area contributed by atoms with Gasteiger partial charge in [-0.05, 0) is 49.9 Å². The van der Waals surface area contributed by atoms with Crippen molar-refractivity contribution in [2.75, 3.05) is 20.2 Å². The molecule has 2 fully saturated rings. The highest BCUT2D eigenvalue weighted by atomic mass is 16.5. The third kappa shape index (κ3) is 4.47. The minimum atomic E-state index is 0.152. The zero-order valence-electron chi connectivity index (χ0n) is 17.7. The first-order valence-corrected chi connectivity index (χ1v) is 11.0. The summed E-state index contributed by atoms with van der Waals surface area (Å²) in [6.45, 7) is 1.51. The van der Waals surface area contributed by atoms with Gasteiger partial charge in [-0.3, -0.25) is 9.89 Å². The van der Waals surface area contributed by atoms with Crippen LogP contribution in [0.3, 0.4) is 0 Å². The molecule has 1 amide bonds. The average molecular weight is 422 g/mol. The fraction of sp³-hybridized carbons (Fsp3) is 0.478. The number of aromatic amines is 1. The van der Waals surface area contributed by atoms with E-state index in [0.717, 1.165) is 48.9 Å². The molecule has 2 aromatic heterocycles. The summed E-state index contributed by atoms with van der Waals surface area (Å²) in [7, 11) is 1.64. The van der Waals surface area contributed by atoms with E-state index in [0.29, 0.717) is 36.3 Å². The molecule has 0 spiro atoms. The smallest absolute Gasteiger partial charge is 0.223 e. The molecule has 1 N–H and O–H groups in total. The predicted octanol–water partition coefficient (Wildman–Crippen LogP) is 3.68. The minimum absolute atomic E-state index is 0.152. The van der Waals surface area contributed by atoms with Gasteiger partial charge in [-0.2, -0.15) is 5.10 Å². The van der Waals surface area contributed by atoms with Gasteiger partial charge in [0.05, 0.1) is 13.3 Å². The highest BCUT2D eigenvalue weighted by molar-refractivity contribution is 5.76. The Balaban J connectivity index is 1.10. The standard InChI is InChI=1S/C23H27N5O3/c1-30-18-6-4-15(5-7-18)19-14-24-20(31-19)8-9-21(29)28-12-10-17(11-13-28)23-25-22(26-27-23)16-2-3-16/h4-7,14,16-17H,2-3,8-13H2,1H3,(H,25,26,27). The zero-order chi connectivity index (χ0) is 21.2. The van der Waals surface area contributed by atoms with Crippen LogP contribution in [0.2, 0.25) is 0 Å². The van der Waals surface area contributed by atoms with Gasteiger partial charge >= 0.3 is 0 Å². The topological polar surface area (TPSA) is 97.1 Å². The average Bonchev–Trinajstić information content (AvgIpc) is 3.35. The molecule has 1 aromatic carbocycles. The Morgan fingerprint density at radius 1 is 1.16 bits per heavy atom. The third-order valence-electron chi connectivity index (χ3n) is 6.18. The normalized spacial score (nSPS) is 17.1. The van der Waals surface area contributed by atoms with Crippen LogP contribution in [0.25, 0.3) is 11.3 Å². The molecule has 1 aliphatic heterocycles. The van der Waals surface area contributed by atoms with Crippen LogP contribution in [0.1, 0.15) is 61.5 Å². The number of carbonyl (C=O) groups is 1. The number of hydrogen-bond donors (Lipinski definition) is 1. The van der Waals surface area contributed by atoms with E-state index in [1.807, 2.05) is 29.2 Å². The Kier molecular flexibility index (Phi) is 5.44. The number of methoxy groups -OCH3 is 1. The van der Waals surface area contributed by atoms with Crippen molar-refractivity contribution in [3.8, 4) is 17.1 Å². The Bertz CT molecular complexity index is 1030. The second kappa shape index (κ2) is 8.53. The maximum atomic E-state index is 12.7. The summed E-state index contributed by atoms with van der Waals surface area (Å²) in [6, 6.07) is 7.63. The molecule has 0 atom stereocenters. The number of likely N-dealkylation sites (tertiary alicyclic amines) is 1. The van der Waals surface area contributed by atoms with Gasteiger partial charge in [-0.1, -0.05) is 0 Å². The maximum Gasteiger partial charge on any atom is 0.223 e. The van der Waals surface area contributed by atoms with E-state index in [1.165, 1.54) is 12.8 Å². The first kappa shape index (κ1) is 19.8. The summed E-state index contributed by atoms with van der Waals surface area (Å²) in [5.74, 6) is 5.11. The number of H-pyrrole nitrogens is 1. The lowest BCUT2D eigenvalue weighted by Crippen LogP contribution is -2.38. The van der Waals surface area contributed by atoms with Crippen LogP contribution >= 0.6 is 0 Å². The first-order chi connectivity index (χ1) is 15.2. The van der Waals surface area contributed by atoms with Gasteiger partial charge in [0.1, 0.15) is 11.6 Å². The van der Waals surface area contributed by atoms with E-state index in [-0.39, 0.29) is 5.91 Å². The van der Waals surface area contributed by atoms with Crippen LogP contribution in [0.15, 0.2) is 34.9 Å². The molecule has 3 heterocycles. The van der Waals surface area contributed by atoms with Crippen LogP contribution in [0.5, 0.6) is 5.75 Å². The molecule has 31 heavy (non-hydrogen) atoms. The molecule has 2 aliphatic rings. The number of rotatable bonds is 7. The number of aryl methyl sites for hydroxylation is 1. The molecule has 162 valence electrons. The molecular weight excluding hydrogens is 394 g/mol. The van der Waals surface area contributed by atoms with Crippen molar-refractivity contribution >= 4 is 5.91 Å². The highest BCUT2D eigenvalue weighted by Crippen LogP contribution is 2.38. The van der Waals surface area contributed by atoms with Gasteiger partial charge in [0.25, 0.3) is 0 Å². The van der Waals surface area contributed by atoms with Crippen LogP contribution in [-0.4, -0.2) is 51.2 Å². The fourth-order valence-corrected chi connectivity index (χ4v) is 4.08. The monoisotopic (exact) mass is 421 g/mol. The summed E-state index contributed by atoms with van der Waals surface area (Å²) < 4.78 is 11.0. The van der Waals surface area contributed by atoms with Gasteiger partial charge in [-0.25, -0.2) is 9.97 Å². The summed E-state index contributed by atoms with van der Waals surface area (Å²) in [5.41, 5.74) is 0.935. The first-order valence-electron chi connectivity index (χ1n) is 11.0. The van der Waals surface area contributed by atoms with Crippen LogP contribution < -0.4 is 4.74 Å². The number of aromatic nitrogens is 4. The number of oxazole rings is 1. The molecule has 0 bridgehead atoms. The molecule has 1 saturated heterocycles. The number of ether oxygens (including phenoxy) is 1. The number of benzene rings is 1. The zero-order valence-corrected chi connectivity index (χ0v) is 17.7.